The van der Waals surface area contributed by atoms with Gasteiger partial charge in [-0.05, 0) is 24.6 Å². The molecule has 0 aliphatic carbocycles. The summed E-state index contributed by atoms with van der Waals surface area (Å²) in [4.78, 5) is 11.4. The number of aromatic nitrogens is 2. The maximum Gasteiger partial charge on any atom is 0.343 e. The number of carbonyl (C=O) groups excluding carboxylic acids is 1. The van der Waals surface area contributed by atoms with Gasteiger partial charge in [-0.25, -0.2) is 9.48 Å². The second kappa shape index (κ2) is 4.70. The fourth-order valence-corrected chi connectivity index (χ4v) is 1.72. The molecule has 0 unspecified atom stereocenters. The maximum absolute atomic E-state index is 11.4. The summed E-state index contributed by atoms with van der Waals surface area (Å²) in [5.41, 5.74) is 7.74. The molecule has 0 atom stereocenters. The first-order valence-corrected chi connectivity index (χ1v) is 5.60. The van der Waals surface area contributed by atoms with Gasteiger partial charge in [0.25, 0.3) is 0 Å². The van der Waals surface area contributed by atoms with E-state index in [1.54, 1.807) is 6.07 Å². The average molecular weight is 266 g/mol. The van der Waals surface area contributed by atoms with Crippen LogP contribution in [0.25, 0.3) is 5.69 Å². The Morgan fingerprint density at radius 1 is 1.50 bits per heavy atom. The van der Waals surface area contributed by atoms with Crippen molar-refractivity contribution in [3.63, 3.8) is 0 Å². The number of anilines is 1. The van der Waals surface area contributed by atoms with Crippen molar-refractivity contribution in [1.82, 2.24) is 9.78 Å². The van der Waals surface area contributed by atoms with E-state index in [4.69, 9.17) is 17.3 Å². The molecule has 1 heterocycles. The molecule has 18 heavy (non-hydrogen) atoms. The Balaban J connectivity index is 2.48. The second-order valence-electron chi connectivity index (χ2n) is 3.78. The zero-order valence-corrected chi connectivity index (χ0v) is 10.7. The minimum absolute atomic E-state index is 0.224. The summed E-state index contributed by atoms with van der Waals surface area (Å²) >= 11 is 6.04. The van der Waals surface area contributed by atoms with Gasteiger partial charge >= 0.3 is 5.97 Å². The first-order valence-electron chi connectivity index (χ1n) is 5.23. The highest BCUT2D eigenvalue weighted by atomic mass is 35.5. The van der Waals surface area contributed by atoms with Crippen molar-refractivity contribution in [3.05, 3.63) is 40.5 Å². The number of esters is 1. The number of hydrogen-bond donors (Lipinski definition) is 1. The van der Waals surface area contributed by atoms with Gasteiger partial charge in [0.2, 0.25) is 0 Å². The Kier molecular flexibility index (Phi) is 3.25. The zero-order valence-electron chi connectivity index (χ0n) is 9.98. The summed E-state index contributed by atoms with van der Waals surface area (Å²) in [5, 5.41) is 4.67. The van der Waals surface area contributed by atoms with Crippen molar-refractivity contribution in [1.29, 1.82) is 0 Å². The van der Waals surface area contributed by atoms with Crippen LogP contribution in [0.2, 0.25) is 5.02 Å². The Labute approximate surface area is 109 Å². The monoisotopic (exact) mass is 265 g/mol. The van der Waals surface area contributed by atoms with E-state index in [1.165, 1.54) is 18.0 Å². The van der Waals surface area contributed by atoms with Gasteiger partial charge in [0, 0.05) is 5.02 Å². The van der Waals surface area contributed by atoms with E-state index in [9.17, 15) is 4.79 Å². The fraction of sp³-hybridized carbons (Fsp3) is 0.167. The van der Waals surface area contributed by atoms with Crippen molar-refractivity contribution < 1.29 is 9.53 Å². The van der Waals surface area contributed by atoms with Crippen LogP contribution in [-0.2, 0) is 4.74 Å². The first-order chi connectivity index (χ1) is 8.54. The lowest BCUT2D eigenvalue weighted by Gasteiger charge is -2.06. The molecule has 0 fully saturated rings. The Bertz CT molecular complexity index is 607. The summed E-state index contributed by atoms with van der Waals surface area (Å²) < 4.78 is 6.05. The molecule has 0 spiro atoms. The SMILES string of the molecule is COC(=O)c1cnn(-c2ccc(C)c(Cl)c2)c1N. The number of benzene rings is 1. The lowest BCUT2D eigenvalue weighted by atomic mass is 10.2. The molecule has 0 saturated heterocycles. The number of carbonyl (C=O) groups is 1. The van der Waals surface area contributed by atoms with E-state index in [1.807, 2.05) is 19.1 Å². The van der Waals surface area contributed by atoms with Crippen LogP contribution < -0.4 is 5.73 Å². The summed E-state index contributed by atoms with van der Waals surface area (Å²) in [6.45, 7) is 1.90. The van der Waals surface area contributed by atoms with Gasteiger partial charge in [0.15, 0.2) is 0 Å². The predicted molar refractivity (Wildman–Crippen MR) is 69.1 cm³/mol. The Morgan fingerprint density at radius 3 is 2.83 bits per heavy atom. The number of nitrogen functional groups attached to an aromatic ring is 1. The van der Waals surface area contributed by atoms with Crippen LogP contribution >= 0.6 is 11.6 Å². The first kappa shape index (κ1) is 12.4. The number of halogens is 1. The molecule has 0 aliphatic rings. The van der Waals surface area contributed by atoms with Crippen molar-refractivity contribution in [2.45, 2.75) is 6.92 Å². The van der Waals surface area contributed by atoms with Crippen molar-refractivity contribution in [2.75, 3.05) is 12.8 Å². The summed E-state index contributed by atoms with van der Waals surface area (Å²) in [6.07, 6.45) is 1.37. The zero-order chi connectivity index (χ0) is 13.3. The Hall–Kier alpha value is -2.01. The summed E-state index contributed by atoms with van der Waals surface area (Å²) in [6, 6.07) is 5.42. The van der Waals surface area contributed by atoms with Crippen molar-refractivity contribution >= 4 is 23.4 Å². The highest BCUT2D eigenvalue weighted by molar-refractivity contribution is 6.31. The van der Waals surface area contributed by atoms with Gasteiger partial charge in [-0.2, -0.15) is 5.10 Å². The van der Waals surface area contributed by atoms with Gasteiger partial charge in [0.05, 0.1) is 19.0 Å². The minimum Gasteiger partial charge on any atom is -0.465 e. The van der Waals surface area contributed by atoms with Gasteiger partial charge < -0.3 is 10.5 Å². The molecule has 0 radical (unpaired) electrons. The fourth-order valence-electron chi connectivity index (χ4n) is 1.54. The molecular formula is C12H12ClN3O2. The van der Waals surface area contributed by atoms with Crippen LogP contribution in [0.4, 0.5) is 5.82 Å². The molecule has 0 amide bonds. The summed E-state index contributed by atoms with van der Waals surface area (Å²) in [7, 11) is 1.29. The van der Waals surface area contributed by atoms with E-state index >= 15 is 0 Å². The molecule has 2 aromatic rings. The average Bonchev–Trinajstić information content (AvgIpc) is 2.74. The van der Waals surface area contributed by atoms with E-state index in [0.29, 0.717) is 10.7 Å². The lowest BCUT2D eigenvalue weighted by Crippen LogP contribution is -2.07. The van der Waals surface area contributed by atoms with E-state index in [2.05, 4.69) is 9.84 Å². The third-order valence-electron chi connectivity index (χ3n) is 2.61. The summed E-state index contributed by atoms with van der Waals surface area (Å²) in [5.74, 6) is -0.293. The molecule has 0 saturated carbocycles. The van der Waals surface area contributed by atoms with Gasteiger partial charge in [0.1, 0.15) is 11.4 Å². The lowest BCUT2D eigenvalue weighted by molar-refractivity contribution is 0.0602. The highest BCUT2D eigenvalue weighted by Gasteiger charge is 2.16. The standard InChI is InChI=1S/C12H12ClN3O2/c1-7-3-4-8(5-10(7)13)16-11(14)9(6-15-16)12(17)18-2/h3-6H,14H2,1-2H3. The van der Waals surface area contributed by atoms with Crippen molar-refractivity contribution in [3.8, 4) is 5.69 Å². The van der Waals surface area contributed by atoms with Crippen LogP contribution in [0.15, 0.2) is 24.4 Å². The van der Waals surface area contributed by atoms with E-state index in [0.717, 1.165) is 5.56 Å². The van der Waals surface area contributed by atoms with E-state index < -0.39 is 5.97 Å². The number of ether oxygens (including phenoxy) is 1. The molecule has 5 nitrogen and oxygen atoms in total. The highest BCUT2D eigenvalue weighted by Crippen LogP contribution is 2.22. The molecule has 1 aromatic heterocycles. The van der Waals surface area contributed by atoms with Crippen LogP contribution in [0, 0.1) is 6.92 Å². The largest absolute Gasteiger partial charge is 0.465 e. The molecule has 0 aliphatic heterocycles. The molecule has 6 heteroatoms. The molecule has 94 valence electrons. The number of methoxy groups -OCH3 is 1. The number of hydrogen-bond acceptors (Lipinski definition) is 4. The van der Waals surface area contributed by atoms with Crippen molar-refractivity contribution in [2.24, 2.45) is 0 Å². The quantitative estimate of drug-likeness (QED) is 0.845. The Morgan fingerprint density at radius 2 is 2.22 bits per heavy atom. The third-order valence-corrected chi connectivity index (χ3v) is 3.02. The number of aryl methyl sites for hydroxylation is 1. The topological polar surface area (TPSA) is 70.1 Å². The maximum atomic E-state index is 11.4. The predicted octanol–water partition coefficient (Wildman–Crippen LogP) is 2.20. The van der Waals surface area contributed by atoms with E-state index in [-0.39, 0.29) is 11.4 Å². The minimum atomic E-state index is -0.517. The molecule has 0 bridgehead atoms. The molecule has 2 N–H and O–H groups in total. The van der Waals surface area contributed by atoms with Crippen LogP contribution in [0.5, 0.6) is 0 Å². The van der Waals surface area contributed by atoms with Crippen LogP contribution in [0.3, 0.4) is 0 Å². The number of nitrogens with zero attached hydrogens (tertiary/aromatic N) is 2. The van der Waals surface area contributed by atoms with Crippen LogP contribution in [-0.4, -0.2) is 22.9 Å². The smallest absolute Gasteiger partial charge is 0.343 e. The number of nitrogens with two attached hydrogens (primary N) is 1. The van der Waals surface area contributed by atoms with Crippen LogP contribution in [0.1, 0.15) is 15.9 Å². The van der Waals surface area contributed by atoms with Gasteiger partial charge in [-0.3, -0.25) is 0 Å². The second-order valence-corrected chi connectivity index (χ2v) is 4.19. The molecule has 2 rings (SSSR count). The normalized spacial score (nSPS) is 10.4. The van der Waals surface area contributed by atoms with Gasteiger partial charge in [-0.15, -0.1) is 0 Å². The third kappa shape index (κ3) is 2.04. The van der Waals surface area contributed by atoms with Gasteiger partial charge in [-0.1, -0.05) is 17.7 Å². The molecular weight excluding hydrogens is 254 g/mol. The number of rotatable bonds is 2. The molecule has 1 aromatic carbocycles.